The molecule has 156 valence electrons. The van der Waals surface area contributed by atoms with Gasteiger partial charge in [0.2, 0.25) is 0 Å². The van der Waals surface area contributed by atoms with Crippen molar-refractivity contribution in [2.45, 2.75) is 53.4 Å². The smallest absolute Gasteiger partial charge is 0.0786 e. The van der Waals surface area contributed by atoms with Crippen molar-refractivity contribution in [2.75, 3.05) is 0 Å². The van der Waals surface area contributed by atoms with E-state index in [1.54, 1.807) is 0 Å². The molecule has 3 aromatic carbocycles. The average Bonchev–Trinajstić information content (AvgIpc) is 3.10. The summed E-state index contributed by atoms with van der Waals surface area (Å²) in [5.41, 5.74) is 11.9. The Morgan fingerprint density at radius 3 is 2.39 bits per heavy atom. The zero-order valence-corrected chi connectivity index (χ0v) is 19.3. The first kappa shape index (κ1) is 20.0. The van der Waals surface area contributed by atoms with E-state index < -0.39 is 0 Å². The van der Waals surface area contributed by atoms with E-state index in [1.165, 1.54) is 55.4 Å². The summed E-state index contributed by atoms with van der Waals surface area (Å²) in [7, 11) is 0. The topological polar surface area (TPSA) is 12.9 Å². The van der Waals surface area contributed by atoms with Crippen LogP contribution in [0.25, 0.3) is 33.2 Å². The summed E-state index contributed by atoms with van der Waals surface area (Å²) in [4.78, 5) is 5.24. The number of hydrogen-bond acceptors (Lipinski definition) is 1. The Morgan fingerprint density at radius 2 is 1.61 bits per heavy atom. The minimum absolute atomic E-state index is 0.395. The molecule has 1 heterocycles. The molecule has 1 aliphatic rings. The first-order chi connectivity index (χ1) is 14.9. The largest absolute Gasteiger partial charge is 0.252 e. The molecule has 0 N–H and O–H groups in total. The standard InChI is InChI=1S/C30H31N/c1-18(2)12-21-10-11-25-23(15-21)17-29(19(3)4)31-30(25)28-14-20(5)13-26-24-9-7-6-8-22(24)16-27(26)28/h6-11,13-15,17-19H,12,16H2,1-5H3. The lowest BCUT2D eigenvalue weighted by Crippen LogP contribution is -2.00. The fourth-order valence-corrected chi connectivity index (χ4v) is 5.01. The number of benzene rings is 3. The Balaban J connectivity index is 1.77. The van der Waals surface area contributed by atoms with Crippen LogP contribution in [0.2, 0.25) is 0 Å². The summed E-state index contributed by atoms with van der Waals surface area (Å²) in [6.45, 7) is 11.3. The maximum absolute atomic E-state index is 5.24. The van der Waals surface area contributed by atoms with E-state index in [9.17, 15) is 0 Å². The molecule has 0 radical (unpaired) electrons. The second-order valence-electron chi connectivity index (χ2n) is 9.88. The third-order valence-electron chi connectivity index (χ3n) is 6.48. The van der Waals surface area contributed by atoms with Crippen molar-refractivity contribution >= 4 is 10.8 Å². The molecule has 1 aliphatic carbocycles. The highest BCUT2D eigenvalue weighted by Crippen LogP contribution is 2.43. The van der Waals surface area contributed by atoms with Crippen LogP contribution < -0.4 is 0 Å². The first-order valence-corrected chi connectivity index (χ1v) is 11.6. The van der Waals surface area contributed by atoms with Crippen molar-refractivity contribution in [1.29, 1.82) is 0 Å². The van der Waals surface area contributed by atoms with Gasteiger partial charge in [0, 0.05) is 16.6 Å². The van der Waals surface area contributed by atoms with E-state index in [2.05, 4.69) is 95.3 Å². The van der Waals surface area contributed by atoms with E-state index >= 15 is 0 Å². The average molecular weight is 406 g/mol. The number of nitrogens with zero attached hydrogens (tertiary/aromatic N) is 1. The Kier molecular flexibility index (Phi) is 4.93. The molecular weight excluding hydrogens is 374 g/mol. The molecule has 0 saturated carbocycles. The number of pyridine rings is 1. The second-order valence-corrected chi connectivity index (χ2v) is 9.88. The van der Waals surface area contributed by atoms with Crippen molar-refractivity contribution in [3.05, 3.63) is 88.6 Å². The van der Waals surface area contributed by atoms with Crippen LogP contribution in [-0.4, -0.2) is 4.98 Å². The van der Waals surface area contributed by atoms with Crippen molar-refractivity contribution in [1.82, 2.24) is 4.98 Å². The number of hydrogen-bond donors (Lipinski definition) is 0. The van der Waals surface area contributed by atoms with Crippen LogP contribution in [0.4, 0.5) is 0 Å². The monoisotopic (exact) mass is 405 g/mol. The highest BCUT2D eigenvalue weighted by molar-refractivity contribution is 5.98. The molecule has 0 unspecified atom stereocenters. The molecule has 4 aromatic rings. The molecule has 1 aromatic heterocycles. The summed E-state index contributed by atoms with van der Waals surface area (Å²) >= 11 is 0. The van der Waals surface area contributed by atoms with Crippen molar-refractivity contribution < 1.29 is 0 Å². The number of aryl methyl sites for hydroxylation is 1. The van der Waals surface area contributed by atoms with Gasteiger partial charge in [0.15, 0.2) is 0 Å². The lowest BCUT2D eigenvalue weighted by Gasteiger charge is -2.16. The molecule has 1 nitrogen and oxygen atoms in total. The highest BCUT2D eigenvalue weighted by atomic mass is 14.7. The number of fused-ring (bicyclic) bond motifs is 4. The molecular formula is C30H31N. The first-order valence-electron chi connectivity index (χ1n) is 11.6. The van der Waals surface area contributed by atoms with Gasteiger partial charge in [-0.2, -0.15) is 0 Å². The second kappa shape index (κ2) is 7.64. The van der Waals surface area contributed by atoms with Gasteiger partial charge in [-0.25, -0.2) is 0 Å². The van der Waals surface area contributed by atoms with Crippen LogP contribution >= 0.6 is 0 Å². The molecule has 0 saturated heterocycles. The van der Waals surface area contributed by atoms with E-state index in [-0.39, 0.29) is 0 Å². The van der Waals surface area contributed by atoms with Crippen LogP contribution in [0.15, 0.2) is 60.7 Å². The predicted molar refractivity (Wildman–Crippen MR) is 133 cm³/mol. The van der Waals surface area contributed by atoms with Gasteiger partial charge in [-0.15, -0.1) is 0 Å². The van der Waals surface area contributed by atoms with Crippen molar-refractivity contribution in [3.8, 4) is 22.4 Å². The fourth-order valence-electron chi connectivity index (χ4n) is 5.01. The molecule has 0 bridgehead atoms. The SMILES string of the molecule is Cc1cc2c(c(-c3nc(C(C)C)cc4cc(CC(C)C)ccc34)c1)Cc1ccccc1-2. The van der Waals surface area contributed by atoms with Crippen LogP contribution in [0.1, 0.15) is 61.6 Å². The van der Waals surface area contributed by atoms with Gasteiger partial charge in [0.05, 0.1) is 5.69 Å². The third kappa shape index (κ3) is 3.57. The predicted octanol–water partition coefficient (Wildman–Crippen LogP) is 8.10. The molecule has 5 rings (SSSR count). The van der Waals surface area contributed by atoms with Gasteiger partial charge >= 0.3 is 0 Å². The summed E-state index contributed by atoms with van der Waals surface area (Å²) in [6.07, 6.45) is 2.10. The van der Waals surface area contributed by atoms with Crippen LogP contribution in [0.5, 0.6) is 0 Å². The molecule has 0 spiro atoms. The van der Waals surface area contributed by atoms with Crippen LogP contribution in [0, 0.1) is 12.8 Å². The molecule has 31 heavy (non-hydrogen) atoms. The van der Waals surface area contributed by atoms with Crippen LogP contribution in [0.3, 0.4) is 0 Å². The summed E-state index contributed by atoms with van der Waals surface area (Å²) in [5, 5.41) is 2.58. The lowest BCUT2D eigenvalue weighted by atomic mass is 9.91. The normalized spacial score (nSPS) is 12.6. The van der Waals surface area contributed by atoms with Gasteiger partial charge < -0.3 is 0 Å². The summed E-state index contributed by atoms with van der Waals surface area (Å²) in [6, 6.07) is 22.8. The Labute approximate surface area is 186 Å². The van der Waals surface area contributed by atoms with E-state index in [4.69, 9.17) is 4.98 Å². The molecule has 0 fully saturated rings. The van der Waals surface area contributed by atoms with E-state index in [1.807, 2.05) is 0 Å². The minimum Gasteiger partial charge on any atom is -0.252 e. The lowest BCUT2D eigenvalue weighted by molar-refractivity contribution is 0.648. The molecule has 1 heteroatoms. The van der Waals surface area contributed by atoms with Crippen molar-refractivity contribution in [3.63, 3.8) is 0 Å². The van der Waals surface area contributed by atoms with E-state index in [0.717, 1.165) is 18.5 Å². The Bertz CT molecular complexity index is 1290. The zero-order valence-electron chi connectivity index (χ0n) is 19.3. The molecule has 0 amide bonds. The van der Waals surface area contributed by atoms with Gasteiger partial charge in [0.1, 0.15) is 0 Å². The Hall–Kier alpha value is -2.93. The van der Waals surface area contributed by atoms with Gasteiger partial charge in [0.25, 0.3) is 0 Å². The number of rotatable bonds is 4. The van der Waals surface area contributed by atoms with Gasteiger partial charge in [-0.3, -0.25) is 4.98 Å². The zero-order chi connectivity index (χ0) is 21.7. The van der Waals surface area contributed by atoms with Gasteiger partial charge in [-0.1, -0.05) is 76.2 Å². The maximum Gasteiger partial charge on any atom is 0.0786 e. The summed E-state index contributed by atoms with van der Waals surface area (Å²) < 4.78 is 0. The minimum atomic E-state index is 0.395. The summed E-state index contributed by atoms with van der Waals surface area (Å²) in [5.74, 6) is 1.05. The number of aromatic nitrogens is 1. The van der Waals surface area contributed by atoms with E-state index in [0.29, 0.717) is 11.8 Å². The van der Waals surface area contributed by atoms with Gasteiger partial charge in [-0.05, 0) is 82.5 Å². The molecule has 0 atom stereocenters. The van der Waals surface area contributed by atoms with Crippen LogP contribution in [-0.2, 0) is 12.8 Å². The fraction of sp³-hybridized carbons (Fsp3) is 0.300. The highest BCUT2D eigenvalue weighted by Gasteiger charge is 2.24. The third-order valence-corrected chi connectivity index (χ3v) is 6.48. The van der Waals surface area contributed by atoms with Crippen molar-refractivity contribution in [2.24, 2.45) is 5.92 Å². The maximum atomic E-state index is 5.24. The Morgan fingerprint density at radius 1 is 0.839 bits per heavy atom. The quantitative estimate of drug-likeness (QED) is 0.294. The molecule has 0 aliphatic heterocycles.